The molecule has 0 saturated carbocycles. The second-order valence-electron chi connectivity index (χ2n) is 7.93. The van der Waals surface area contributed by atoms with Crippen molar-refractivity contribution in [3.63, 3.8) is 0 Å². The normalized spacial score (nSPS) is 16.8. The van der Waals surface area contributed by atoms with Gasteiger partial charge in [-0.2, -0.15) is 0 Å². The van der Waals surface area contributed by atoms with Gasteiger partial charge in [-0.3, -0.25) is 9.69 Å². The van der Waals surface area contributed by atoms with Gasteiger partial charge in [0, 0.05) is 44.0 Å². The Morgan fingerprint density at radius 2 is 1.77 bits per heavy atom. The molecule has 6 heteroatoms. The lowest BCUT2D eigenvalue weighted by Crippen LogP contribution is -2.45. The number of nitrogens with zero attached hydrogens (tertiary/aromatic N) is 2. The number of fused-ring (bicyclic) bond motifs is 1. The molecule has 0 atom stereocenters. The minimum absolute atomic E-state index is 0.143. The summed E-state index contributed by atoms with van der Waals surface area (Å²) in [5.74, 6) is 1.27. The van der Waals surface area contributed by atoms with Crippen molar-refractivity contribution in [2.75, 3.05) is 51.3 Å². The van der Waals surface area contributed by atoms with Crippen LogP contribution in [0, 0.1) is 0 Å². The molecule has 164 valence electrons. The van der Waals surface area contributed by atoms with E-state index in [9.17, 15) is 4.79 Å². The lowest BCUT2D eigenvalue weighted by atomic mass is 10.1. The van der Waals surface area contributed by atoms with E-state index in [1.807, 2.05) is 43.3 Å². The third-order valence-electron chi connectivity index (χ3n) is 5.83. The van der Waals surface area contributed by atoms with Crippen LogP contribution in [0.1, 0.15) is 25.0 Å². The number of anilines is 1. The smallest absolute Gasteiger partial charge is 0.255 e. The number of hydrogen-bond acceptors (Lipinski definition) is 5. The van der Waals surface area contributed by atoms with E-state index in [2.05, 4.69) is 34.2 Å². The maximum absolute atomic E-state index is 12.7. The summed E-state index contributed by atoms with van der Waals surface area (Å²) in [5, 5.41) is 2.99. The second-order valence-corrected chi connectivity index (χ2v) is 7.93. The van der Waals surface area contributed by atoms with Gasteiger partial charge in [-0.25, -0.2) is 0 Å². The van der Waals surface area contributed by atoms with E-state index in [0.29, 0.717) is 23.7 Å². The second kappa shape index (κ2) is 9.98. The highest BCUT2D eigenvalue weighted by atomic mass is 16.5. The van der Waals surface area contributed by atoms with Gasteiger partial charge < -0.3 is 19.7 Å². The molecular formula is C25H31N3O3. The highest BCUT2D eigenvalue weighted by Crippen LogP contribution is 2.36. The molecule has 1 saturated heterocycles. The first-order valence-electron chi connectivity index (χ1n) is 11.1. The van der Waals surface area contributed by atoms with E-state index in [-0.39, 0.29) is 12.5 Å². The lowest BCUT2D eigenvalue weighted by Gasteiger charge is -2.34. The van der Waals surface area contributed by atoms with Crippen LogP contribution in [0.2, 0.25) is 0 Å². The van der Waals surface area contributed by atoms with Crippen LogP contribution in [-0.4, -0.2) is 61.6 Å². The van der Waals surface area contributed by atoms with Gasteiger partial charge in [0.15, 0.2) is 11.5 Å². The van der Waals surface area contributed by atoms with Crippen LogP contribution in [0.3, 0.4) is 0 Å². The Bertz CT molecular complexity index is 932. The van der Waals surface area contributed by atoms with Crippen LogP contribution in [0.4, 0.5) is 5.69 Å². The molecule has 0 bridgehead atoms. The number of hydrogen-bond donors (Lipinski definition) is 1. The van der Waals surface area contributed by atoms with Crippen molar-refractivity contribution in [3.05, 3.63) is 59.2 Å². The topological polar surface area (TPSA) is 54.0 Å². The lowest BCUT2D eigenvalue weighted by molar-refractivity contribution is -0.113. The molecule has 6 nitrogen and oxygen atoms in total. The average molecular weight is 422 g/mol. The van der Waals surface area contributed by atoms with Crippen molar-refractivity contribution in [1.29, 1.82) is 0 Å². The van der Waals surface area contributed by atoms with Gasteiger partial charge in [0.25, 0.3) is 5.91 Å². The standard InChI is InChI=1S/C25H31N3O3/c1-3-27-12-14-28(15-13-27)17-19-8-10-22(11-9-19)26-25(29)21-16-20-6-5-7-23(30-4-2)24(20)31-18-21/h5-11,16H,3-4,12-15,17-18H2,1-2H3,(H,26,29). The fourth-order valence-corrected chi connectivity index (χ4v) is 4.01. The van der Waals surface area contributed by atoms with Gasteiger partial charge in [-0.05, 0) is 43.3 Å². The van der Waals surface area contributed by atoms with Crippen molar-refractivity contribution in [2.24, 2.45) is 0 Å². The van der Waals surface area contributed by atoms with E-state index >= 15 is 0 Å². The highest BCUT2D eigenvalue weighted by Gasteiger charge is 2.20. The molecule has 2 aromatic carbocycles. The molecule has 1 fully saturated rings. The number of piperazine rings is 1. The fraction of sp³-hybridized carbons (Fsp3) is 0.400. The number of ether oxygens (including phenoxy) is 2. The Morgan fingerprint density at radius 3 is 2.48 bits per heavy atom. The third kappa shape index (κ3) is 5.27. The van der Waals surface area contributed by atoms with Crippen LogP contribution in [0.5, 0.6) is 11.5 Å². The van der Waals surface area contributed by atoms with Crippen molar-refractivity contribution in [3.8, 4) is 11.5 Å². The molecule has 4 rings (SSSR count). The minimum atomic E-state index is -0.143. The molecule has 0 aromatic heterocycles. The van der Waals surface area contributed by atoms with Gasteiger partial charge >= 0.3 is 0 Å². The van der Waals surface area contributed by atoms with Crippen LogP contribution < -0.4 is 14.8 Å². The summed E-state index contributed by atoms with van der Waals surface area (Å²) in [4.78, 5) is 17.7. The van der Waals surface area contributed by atoms with E-state index in [4.69, 9.17) is 9.47 Å². The van der Waals surface area contributed by atoms with Gasteiger partial charge in [-0.15, -0.1) is 0 Å². The number of nitrogens with one attached hydrogen (secondary N) is 1. The van der Waals surface area contributed by atoms with Gasteiger partial charge in [-0.1, -0.05) is 31.2 Å². The maximum Gasteiger partial charge on any atom is 0.255 e. The number of para-hydroxylation sites is 1. The first kappa shape index (κ1) is 21.4. The molecule has 0 aliphatic carbocycles. The summed E-state index contributed by atoms with van der Waals surface area (Å²) in [7, 11) is 0. The SMILES string of the molecule is CCOc1cccc2c1OCC(C(=O)Nc1ccc(CN3CCN(CC)CC3)cc1)=C2. The molecule has 0 radical (unpaired) electrons. The minimum Gasteiger partial charge on any atom is -0.490 e. The molecular weight excluding hydrogens is 390 g/mol. The number of carbonyl (C=O) groups excluding carboxylic acids is 1. The van der Waals surface area contributed by atoms with Crippen LogP contribution in [-0.2, 0) is 11.3 Å². The molecule has 1 N–H and O–H groups in total. The Hall–Kier alpha value is -2.83. The fourth-order valence-electron chi connectivity index (χ4n) is 4.01. The van der Waals surface area contributed by atoms with Crippen molar-refractivity contribution in [1.82, 2.24) is 9.80 Å². The summed E-state index contributed by atoms with van der Waals surface area (Å²) in [6, 6.07) is 13.9. The van der Waals surface area contributed by atoms with E-state index in [0.717, 1.165) is 50.5 Å². The zero-order chi connectivity index (χ0) is 21.6. The van der Waals surface area contributed by atoms with Gasteiger partial charge in [0.2, 0.25) is 0 Å². The van der Waals surface area contributed by atoms with Crippen molar-refractivity contribution >= 4 is 17.7 Å². The van der Waals surface area contributed by atoms with Crippen molar-refractivity contribution < 1.29 is 14.3 Å². The summed E-state index contributed by atoms with van der Waals surface area (Å²) < 4.78 is 11.4. The number of likely N-dealkylation sites (N-methyl/N-ethyl adjacent to an activating group) is 1. The number of rotatable bonds is 7. The zero-order valence-electron chi connectivity index (χ0n) is 18.4. The summed E-state index contributed by atoms with van der Waals surface area (Å²) >= 11 is 0. The molecule has 31 heavy (non-hydrogen) atoms. The predicted octanol–water partition coefficient (Wildman–Crippen LogP) is 3.64. The van der Waals surface area contributed by atoms with E-state index in [1.165, 1.54) is 5.56 Å². The average Bonchev–Trinajstić information content (AvgIpc) is 2.81. The zero-order valence-corrected chi connectivity index (χ0v) is 18.4. The Morgan fingerprint density at radius 1 is 1.03 bits per heavy atom. The molecule has 2 aromatic rings. The largest absolute Gasteiger partial charge is 0.490 e. The molecule has 0 spiro atoms. The first-order valence-corrected chi connectivity index (χ1v) is 11.1. The number of carbonyl (C=O) groups is 1. The molecule has 2 aliphatic rings. The summed E-state index contributed by atoms with van der Waals surface area (Å²) in [6.45, 7) is 11.5. The first-order chi connectivity index (χ1) is 15.2. The predicted molar refractivity (Wildman–Crippen MR) is 124 cm³/mol. The third-order valence-corrected chi connectivity index (χ3v) is 5.83. The van der Waals surface area contributed by atoms with E-state index < -0.39 is 0 Å². The van der Waals surface area contributed by atoms with Gasteiger partial charge in [0.1, 0.15) is 6.61 Å². The van der Waals surface area contributed by atoms with Crippen LogP contribution in [0.15, 0.2) is 48.0 Å². The molecule has 2 heterocycles. The molecule has 1 amide bonds. The Kier molecular flexibility index (Phi) is 6.89. The maximum atomic E-state index is 12.7. The van der Waals surface area contributed by atoms with Crippen LogP contribution in [0.25, 0.3) is 6.08 Å². The van der Waals surface area contributed by atoms with Crippen molar-refractivity contribution in [2.45, 2.75) is 20.4 Å². The van der Waals surface area contributed by atoms with E-state index in [1.54, 1.807) is 0 Å². The number of amides is 1. The Labute approximate surface area is 184 Å². The molecule has 0 unspecified atom stereocenters. The quantitative estimate of drug-likeness (QED) is 0.740. The molecule has 2 aliphatic heterocycles. The monoisotopic (exact) mass is 421 g/mol. The summed E-state index contributed by atoms with van der Waals surface area (Å²) in [6.07, 6.45) is 1.88. The summed E-state index contributed by atoms with van der Waals surface area (Å²) in [5.41, 5.74) is 3.51. The van der Waals surface area contributed by atoms with Gasteiger partial charge in [0.05, 0.1) is 12.2 Å². The van der Waals surface area contributed by atoms with Crippen LogP contribution >= 0.6 is 0 Å². The Balaban J connectivity index is 1.35. The highest BCUT2D eigenvalue weighted by molar-refractivity contribution is 6.07. The number of benzene rings is 2.